The van der Waals surface area contributed by atoms with Crippen LogP contribution in [-0.2, 0) is 21.9 Å². The van der Waals surface area contributed by atoms with Gasteiger partial charge < -0.3 is 14.6 Å². The number of carbonyl (C=O) groups is 2. The number of benzene rings is 4. The van der Waals surface area contributed by atoms with Gasteiger partial charge in [-0.05, 0) is 101 Å². The van der Waals surface area contributed by atoms with E-state index in [0.29, 0.717) is 43.6 Å². The molecule has 45 heavy (non-hydrogen) atoms. The quantitative estimate of drug-likeness (QED) is 0.111. The minimum Gasteiger partial charge on any atom is -0.496 e. The van der Waals surface area contributed by atoms with E-state index in [2.05, 4.69) is 0 Å². The van der Waals surface area contributed by atoms with Crippen LogP contribution in [0.2, 0.25) is 0 Å². The van der Waals surface area contributed by atoms with Crippen LogP contribution in [0, 0.1) is 12.7 Å². The molecule has 5 rings (SSSR count). The second-order valence-corrected chi connectivity index (χ2v) is 11.5. The van der Waals surface area contributed by atoms with E-state index in [9.17, 15) is 32.3 Å². The molecule has 1 fully saturated rings. The van der Waals surface area contributed by atoms with E-state index < -0.39 is 35.9 Å². The highest BCUT2D eigenvalue weighted by atomic mass is 127. The zero-order valence-electron chi connectivity index (χ0n) is 24.4. The summed E-state index contributed by atoms with van der Waals surface area (Å²) in [6, 6.07) is 17.2. The van der Waals surface area contributed by atoms with Gasteiger partial charge >= 0.3 is 18.2 Å². The van der Waals surface area contributed by atoms with Crippen LogP contribution in [0.1, 0.15) is 51.2 Å². The number of aryl methyl sites for hydroxylation is 1. The molecule has 1 aliphatic heterocycles. The summed E-state index contributed by atoms with van der Waals surface area (Å²) in [6.45, 7) is 3.31. The van der Waals surface area contributed by atoms with Gasteiger partial charge in [-0.15, -0.1) is 0 Å². The number of hydrogen-bond acceptors (Lipinski definition) is 4. The van der Waals surface area contributed by atoms with Gasteiger partial charge in [0.2, 0.25) is 0 Å². The maximum absolute atomic E-state index is 14.2. The molecule has 4 aromatic carbocycles. The van der Waals surface area contributed by atoms with Crippen LogP contribution in [0.5, 0.6) is 5.75 Å². The second kappa shape index (κ2) is 12.7. The first-order valence-electron chi connectivity index (χ1n) is 13.9. The SMILES string of the molecule is COc1ccc(-c2ccc(C(=O)O)cc2C)cc1-c1ccc(C(F)(F)F)cc1CN1C(=O)O[C@H](c2ccc(F)c(CI)c2)[C@@H]1C. The van der Waals surface area contributed by atoms with Crippen molar-refractivity contribution in [2.75, 3.05) is 7.11 Å². The van der Waals surface area contributed by atoms with Crippen LogP contribution in [0.15, 0.2) is 72.8 Å². The number of ether oxygens (including phenoxy) is 2. The summed E-state index contributed by atoms with van der Waals surface area (Å²) >= 11 is 2.04. The summed E-state index contributed by atoms with van der Waals surface area (Å²) in [5.74, 6) is -1.04. The predicted octanol–water partition coefficient (Wildman–Crippen LogP) is 9.21. The average molecular weight is 733 g/mol. The van der Waals surface area contributed by atoms with E-state index >= 15 is 0 Å². The Morgan fingerprint density at radius 2 is 1.71 bits per heavy atom. The van der Waals surface area contributed by atoms with Crippen LogP contribution in [0.4, 0.5) is 22.4 Å². The van der Waals surface area contributed by atoms with E-state index in [1.807, 2.05) is 22.6 Å². The number of cyclic esters (lactones) is 1. The maximum atomic E-state index is 14.2. The molecule has 1 aliphatic rings. The van der Waals surface area contributed by atoms with Gasteiger partial charge in [-0.1, -0.05) is 46.9 Å². The van der Waals surface area contributed by atoms with Crippen molar-refractivity contribution in [3.8, 4) is 28.0 Å². The summed E-state index contributed by atoms with van der Waals surface area (Å²) in [6.07, 6.45) is -6.08. The molecule has 0 bridgehead atoms. The van der Waals surface area contributed by atoms with E-state index in [-0.39, 0.29) is 23.5 Å². The van der Waals surface area contributed by atoms with Crippen molar-refractivity contribution < 1.29 is 41.7 Å². The zero-order valence-corrected chi connectivity index (χ0v) is 26.6. The number of aromatic carboxylic acids is 1. The van der Waals surface area contributed by atoms with Crippen molar-refractivity contribution in [2.24, 2.45) is 0 Å². The lowest BCUT2D eigenvalue weighted by Crippen LogP contribution is -2.31. The van der Waals surface area contributed by atoms with Gasteiger partial charge in [0.1, 0.15) is 17.7 Å². The molecule has 6 nitrogen and oxygen atoms in total. The highest BCUT2D eigenvalue weighted by Gasteiger charge is 2.41. The number of nitrogens with zero attached hydrogens (tertiary/aromatic N) is 1. The van der Waals surface area contributed by atoms with Gasteiger partial charge in [0.05, 0.1) is 30.8 Å². The molecule has 0 aromatic heterocycles. The Morgan fingerprint density at radius 3 is 2.36 bits per heavy atom. The fraction of sp³-hybridized carbons (Fsp3) is 0.235. The molecule has 0 radical (unpaired) electrons. The fourth-order valence-corrected chi connectivity index (χ4v) is 6.17. The summed E-state index contributed by atoms with van der Waals surface area (Å²) < 4.78 is 67.6. The van der Waals surface area contributed by atoms with E-state index in [4.69, 9.17) is 9.47 Å². The van der Waals surface area contributed by atoms with Gasteiger partial charge in [0.15, 0.2) is 0 Å². The topological polar surface area (TPSA) is 76.1 Å². The van der Waals surface area contributed by atoms with E-state index in [1.54, 1.807) is 56.3 Å². The third kappa shape index (κ3) is 6.49. The number of hydrogen-bond donors (Lipinski definition) is 1. The Labute approximate surface area is 270 Å². The number of halogens is 5. The Balaban J connectivity index is 1.58. The van der Waals surface area contributed by atoms with Crippen molar-refractivity contribution in [2.45, 2.75) is 43.1 Å². The number of carboxylic acid groups (broad SMARTS) is 1. The number of carbonyl (C=O) groups excluding carboxylic acids is 1. The molecule has 1 amide bonds. The molecule has 1 saturated heterocycles. The van der Waals surface area contributed by atoms with Crippen LogP contribution in [0.25, 0.3) is 22.3 Å². The van der Waals surface area contributed by atoms with Gasteiger partial charge in [-0.2, -0.15) is 13.2 Å². The lowest BCUT2D eigenvalue weighted by molar-refractivity contribution is -0.137. The molecule has 0 saturated carbocycles. The lowest BCUT2D eigenvalue weighted by atomic mass is 9.91. The molecule has 2 atom stereocenters. The van der Waals surface area contributed by atoms with Crippen LogP contribution in [0.3, 0.4) is 0 Å². The van der Waals surface area contributed by atoms with Crippen molar-refractivity contribution in [1.29, 1.82) is 0 Å². The molecule has 0 aliphatic carbocycles. The molecular weight excluding hydrogens is 705 g/mol. The number of alkyl halides is 4. The summed E-state index contributed by atoms with van der Waals surface area (Å²) in [5.41, 5.74) is 3.55. The highest BCUT2D eigenvalue weighted by Crippen LogP contribution is 2.41. The number of amides is 1. The number of rotatable bonds is 8. The zero-order chi connectivity index (χ0) is 32.6. The molecule has 234 valence electrons. The summed E-state index contributed by atoms with van der Waals surface area (Å²) in [4.78, 5) is 25.9. The second-order valence-electron chi connectivity index (χ2n) is 10.8. The van der Waals surface area contributed by atoms with Crippen LogP contribution >= 0.6 is 22.6 Å². The number of carboxylic acids is 1. The van der Waals surface area contributed by atoms with Crippen molar-refractivity contribution >= 4 is 34.7 Å². The predicted molar refractivity (Wildman–Crippen MR) is 169 cm³/mol. The standard InChI is InChI=1S/C34H28F4INO5/c1-18-12-22(32(41)42)4-8-26(18)20-6-11-30(44-3)28(15-20)27-9-7-25(34(36,37)38)14-24(27)17-40-19(2)31(45-33(40)43)21-5-10-29(35)23(13-21)16-39/h4-15,19,31H,16-17H2,1-3H3,(H,41,42)/t19-,31-/m0/s1. The first-order valence-corrected chi connectivity index (χ1v) is 15.4. The molecule has 1 N–H and O–H groups in total. The normalized spacial score (nSPS) is 16.5. The van der Waals surface area contributed by atoms with Crippen LogP contribution in [-0.4, -0.2) is 35.2 Å². The molecule has 11 heteroatoms. The monoisotopic (exact) mass is 733 g/mol. The van der Waals surface area contributed by atoms with Gasteiger partial charge in [-0.3, -0.25) is 4.90 Å². The summed E-state index contributed by atoms with van der Waals surface area (Å²) in [5, 5.41) is 9.36. The average Bonchev–Trinajstić information content (AvgIpc) is 3.28. The fourth-order valence-electron chi connectivity index (χ4n) is 5.59. The third-order valence-electron chi connectivity index (χ3n) is 7.98. The molecule has 4 aromatic rings. The first-order chi connectivity index (χ1) is 21.3. The van der Waals surface area contributed by atoms with E-state index in [1.165, 1.54) is 30.2 Å². The van der Waals surface area contributed by atoms with Crippen molar-refractivity contribution in [3.05, 3.63) is 112 Å². The number of methoxy groups -OCH3 is 1. The van der Waals surface area contributed by atoms with Gasteiger partial charge in [0.25, 0.3) is 0 Å². The van der Waals surface area contributed by atoms with E-state index in [0.717, 1.165) is 17.7 Å². The largest absolute Gasteiger partial charge is 0.496 e. The van der Waals surface area contributed by atoms with Crippen molar-refractivity contribution in [1.82, 2.24) is 4.90 Å². The molecule has 1 heterocycles. The minimum absolute atomic E-state index is 0.131. The molecule has 0 spiro atoms. The Morgan fingerprint density at radius 1 is 0.978 bits per heavy atom. The lowest BCUT2D eigenvalue weighted by Gasteiger charge is -2.24. The smallest absolute Gasteiger partial charge is 0.416 e. The van der Waals surface area contributed by atoms with Gasteiger partial charge in [0, 0.05) is 9.99 Å². The Kier molecular flexibility index (Phi) is 9.11. The Hall–Kier alpha value is -4.13. The third-order valence-corrected chi connectivity index (χ3v) is 8.80. The Bertz CT molecular complexity index is 1790. The highest BCUT2D eigenvalue weighted by molar-refractivity contribution is 14.1. The van der Waals surface area contributed by atoms with Gasteiger partial charge in [-0.25, -0.2) is 14.0 Å². The maximum Gasteiger partial charge on any atom is 0.416 e. The van der Waals surface area contributed by atoms with Crippen molar-refractivity contribution in [3.63, 3.8) is 0 Å². The molecule has 0 unspecified atom stereocenters. The first kappa shape index (κ1) is 32.3. The van der Waals surface area contributed by atoms with Crippen LogP contribution < -0.4 is 4.74 Å². The summed E-state index contributed by atoms with van der Waals surface area (Å²) in [7, 11) is 1.45. The minimum atomic E-state index is -4.63. The molecular formula is C34H28F4INO5.